The van der Waals surface area contributed by atoms with Crippen molar-refractivity contribution in [1.82, 2.24) is 5.32 Å². The number of nitrogens with one attached hydrogen (secondary N) is 2. The molecule has 0 aliphatic heterocycles. The second-order valence-electron chi connectivity index (χ2n) is 5.19. The molecule has 2 N–H and O–H groups in total. The molecule has 0 aliphatic rings. The van der Waals surface area contributed by atoms with Gasteiger partial charge in [0, 0.05) is 5.56 Å². The first kappa shape index (κ1) is 15.6. The van der Waals surface area contributed by atoms with E-state index in [-0.39, 0.29) is 18.2 Å². The maximum Gasteiger partial charge on any atom is 0.291 e. The van der Waals surface area contributed by atoms with Gasteiger partial charge >= 0.3 is 0 Å². The van der Waals surface area contributed by atoms with Gasteiger partial charge in [-0.05, 0) is 37.3 Å². The molecule has 6 heteroatoms. The Bertz CT molecular complexity index is 850. The van der Waals surface area contributed by atoms with E-state index in [0.29, 0.717) is 17.0 Å². The number of carbonyl (C=O) groups excluding carboxylic acids is 2. The van der Waals surface area contributed by atoms with Gasteiger partial charge < -0.3 is 19.5 Å². The highest BCUT2D eigenvalue weighted by molar-refractivity contribution is 6.08. The number of furan rings is 2. The van der Waals surface area contributed by atoms with Gasteiger partial charge in [0.1, 0.15) is 5.76 Å². The molecule has 0 unspecified atom stereocenters. The van der Waals surface area contributed by atoms with Crippen molar-refractivity contribution < 1.29 is 18.4 Å². The molecule has 122 valence electrons. The summed E-state index contributed by atoms with van der Waals surface area (Å²) in [6, 6.07) is 12.0. The number of benzene rings is 1. The van der Waals surface area contributed by atoms with E-state index in [1.54, 1.807) is 55.7 Å². The average molecular weight is 324 g/mol. The number of rotatable bonds is 5. The summed E-state index contributed by atoms with van der Waals surface area (Å²) in [5.74, 6) is 0.166. The second kappa shape index (κ2) is 6.87. The van der Waals surface area contributed by atoms with Crippen molar-refractivity contribution >= 4 is 17.5 Å². The molecule has 0 saturated heterocycles. The fraction of sp³-hybridized carbons (Fsp3) is 0.111. The van der Waals surface area contributed by atoms with E-state index in [4.69, 9.17) is 8.83 Å². The van der Waals surface area contributed by atoms with E-state index >= 15 is 0 Å². The van der Waals surface area contributed by atoms with E-state index in [0.717, 1.165) is 5.56 Å². The molecule has 3 rings (SSSR count). The lowest BCUT2D eigenvalue weighted by molar-refractivity contribution is 0.0949. The Morgan fingerprint density at radius 3 is 2.50 bits per heavy atom. The molecule has 0 spiro atoms. The van der Waals surface area contributed by atoms with Crippen molar-refractivity contribution in [3.8, 4) is 0 Å². The highest BCUT2D eigenvalue weighted by atomic mass is 16.3. The van der Waals surface area contributed by atoms with E-state index < -0.39 is 5.91 Å². The van der Waals surface area contributed by atoms with Gasteiger partial charge in [-0.15, -0.1) is 0 Å². The summed E-state index contributed by atoms with van der Waals surface area (Å²) >= 11 is 0. The number of aryl methyl sites for hydroxylation is 1. The topological polar surface area (TPSA) is 84.5 Å². The molecule has 6 nitrogen and oxygen atoms in total. The van der Waals surface area contributed by atoms with Crippen LogP contribution in [0, 0.1) is 6.92 Å². The van der Waals surface area contributed by atoms with E-state index in [1.165, 1.54) is 6.26 Å². The summed E-state index contributed by atoms with van der Waals surface area (Å²) in [6.07, 6.45) is 2.99. The summed E-state index contributed by atoms with van der Waals surface area (Å²) in [5.41, 5.74) is 1.50. The van der Waals surface area contributed by atoms with E-state index in [1.807, 2.05) is 0 Å². The summed E-state index contributed by atoms with van der Waals surface area (Å²) in [6.45, 7) is 2.05. The minimum absolute atomic E-state index is 0.223. The normalized spacial score (nSPS) is 10.4. The number of hydrogen-bond acceptors (Lipinski definition) is 4. The van der Waals surface area contributed by atoms with Crippen LogP contribution in [0.5, 0.6) is 0 Å². The van der Waals surface area contributed by atoms with Crippen LogP contribution < -0.4 is 10.6 Å². The molecular formula is C18H16N2O4. The van der Waals surface area contributed by atoms with Gasteiger partial charge in [0.25, 0.3) is 11.8 Å². The Labute approximate surface area is 138 Å². The molecule has 0 fully saturated rings. The third kappa shape index (κ3) is 3.38. The predicted molar refractivity (Wildman–Crippen MR) is 87.7 cm³/mol. The standard InChI is InChI=1S/C18H16N2O4/c1-12-8-10-24-16(12)18(22)20-15-7-3-2-6-14(15)17(21)19-11-13-5-4-9-23-13/h2-10H,11H2,1H3,(H,19,21)(H,20,22). The van der Waals surface area contributed by atoms with E-state index in [2.05, 4.69) is 10.6 Å². The minimum atomic E-state index is -0.399. The van der Waals surface area contributed by atoms with Gasteiger partial charge in [-0.25, -0.2) is 0 Å². The third-order valence-electron chi connectivity index (χ3n) is 3.49. The highest BCUT2D eigenvalue weighted by Crippen LogP contribution is 2.18. The zero-order chi connectivity index (χ0) is 16.9. The van der Waals surface area contributed by atoms with Crippen LogP contribution in [0.2, 0.25) is 0 Å². The average Bonchev–Trinajstić information content (AvgIpc) is 3.24. The van der Waals surface area contributed by atoms with Crippen LogP contribution in [0.3, 0.4) is 0 Å². The Morgan fingerprint density at radius 2 is 1.79 bits per heavy atom. The Hall–Kier alpha value is -3.28. The van der Waals surface area contributed by atoms with Gasteiger partial charge in [-0.3, -0.25) is 9.59 Å². The number of para-hydroxylation sites is 1. The van der Waals surface area contributed by atoms with Crippen LogP contribution >= 0.6 is 0 Å². The summed E-state index contributed by atoms with van der Waals surface area (Å²) < 4.78 is 10.3. The lowest BCUT2D eigenvalue weighted by Gasteiger charge is -2.10. The zero-order valence-corrected chi connectivity index (χ0v) is 13.0. The SMILES string of the molecule is Cc1ccoc1C(=O)Nc1ccccc1C(=O)NCc1ccco1. The number of amides is 2. The molecule has 24 heavy (non-hydrogen) atoms. The molecule has 0 aliphatic carbocycles. The van der Waals surface area contributed by atoms with Gasteiger partial charge in [-0.1, -0.05) is 12.1 Å². The molecule has 0 radical (unpaired) electrons. The van der Waals surface area contributed by atoms with Gasteiger partial charge in [0.05, 0.1) is 30.3 Å². The molecule has 2 aromatic heterocycles. The summed E-state index contributed by atoms with van der Waals surface area (Å²) in [5, 5.41) is 5.46. The molecule has 0 atom stereocenters. The van der Waals surface area contributed by atoms with E-state index in [9.17, 15) is 9.59 Å². The molecule has 0 bridgehead atoms. The first-order chi connectivity index (χ1) is 11.6. The summed E-state index contributed by atoms with van der Waals surface area (Å²) in [7, 11) is 0. The van der Waals surface area contributed by atoms with Crippen LogP contribution in [-0.4, -0.2) is 11.8 Å². The highest BCUT2D eigenvalue weighted by Gasteiger charge is 2.17. The molecule has 2 amide bonds. The fourth-order valence-electron chi connectivity index (χ4n) is 2.25. The largest absolute Gasteiger partial charge is 0.467 e. The maximum absolute atomic E-state index is 12.4. The van der Waals surface area contributed by atoms with Gasteiger partial charge in [0.15, 0.2) is 5.76 Å². The molecule has 3 aromatic rings. The Kier molecular flexibility index (Phi) is 4.47. The lowest BCUT2D eigenvalue weighted by Crippen LogP contribution is -2.24. The van der Waals surface area contributed by atoms with Crippen molar-refractivity contribution in [2.75, 3.05) is 5.32 Å². The van der Waals surface area contributed by atoms with Crippen molar-refractivity contribution in [2.45, 2.75) is 13.5 Å². The molecule has 0 saturated carbocycles. The smallest absolute Gasteiger partial charge is 0.291 e. The predicted octanol–water partition coefficient (Wildman–Crippen LogP) is 3.36. The quantitative estimate of drug-likeness (QED) is 0.753. The van der Waals surface area contributed by atoms with Crippen LogP contribution in [0.1, 0.15) is 32.2 Å². The number of hydrogen-bond donors (Lipinski definition) is 2. The van der Waals surface area contributed by atoms with Crippen LogP contribution in [-0.2, 0) is 6.54 Å². The monoisotopic (exact) mass is 324 g/mol. The van der Waals surface area contributed by atoms with Crippen molar-refractivity contribution in [2.24, 2.45) is 0 Å². The molecular weight excluding hydrogens is 308 g/mol. The van der Waals surface area contributed by atoms with Crippen LogP contribution in [0.15, 0.2) is 63.8 Å². The number of anilines is 1. The van der Waals surface area contributed by atoms with Gasteiger partial charge in [-0.2, -0.15) is 0 Å². The molecule has 1 aromatic carbocycles. The first-order valence-electron chi connectivity index (χ1n) is 7.40. The zero-order valence-electron chi connectivity index (χ0n) is 13.0. The van der Waals surface area contributed by atoms with Crippen molar-refractivity contribution in [1.29, 1.82) is 0 Å². The lowest BCUT2D eigenvalue weighted by atomic mass is 10.1. The minimum Gasteiger partial charge on any atom is -0.467 e. The molecule has 2 heterocycles. The van der Waals surface area contributed by atoms with Gasteiger partial charge in [0.2, 0.25) is 0 Å². The van der Waals surface area contributed by atoms with Crippen molar-refractivity contribution in [3.05, 3.63) is 77.6 Å². The van der Waals surface area contributed by atoms with Crippen LogP contribution in [0.25, 0.3) is 0 Å². The summed E-state index contributed by atoms with van der Waals surface area (Å²) in [4.78, 5) is 24.6. The van der Waals surface area contributed by atoms with Crippen LogP contribution in [0.4, 0.5) is 5.69 Å². The second-order valence-corrected chi connectivity index (χ2v) is 5.19. The fourth-order valence-corrected chi connectivity index (χ4v) is 2.25. The number of carbonyl (C=O) groups is 2. The first-order valence-corrected chi connectivity index (χ1v) is 7.40. The van der Waals surface area contributed by atoms with Crippen molar-refractivity contribution in [3.63, 3.8) is 0 Å². The Morgan fingerprint density at radius 1 is 0.958 bits per heavy atom. The maximum atomic E-state index is 12.4. The third-order valence-corrected chi connectivity index (χ3v) is 3.49. The Balaban J connectivity index is 1.74.